The Kier molecular flexibility index (Phi) is 5.42. The molecule has 0 aliphatic carbocycles. The number of nitrogens with one attached hydrogen (secondary N) is 1. The molecule has 2 unspecified atom stereocenters. The molecule has 0 aromatic heterocycles. The van der Waals surface area contributed by atoms with Crippen LogP contribution in [-0.2, 0) is 9.59 Å². The maximum absolute atomic E-state index is 12.5. The molecule has 1 saturated heterocycles. The molecule has 0 bridgehead atoms. The van der Waals surface area contributed by atoms with Crippen LogP contribution in [0.3, 0.4) is 0 Å². The Bertz CT molecular complexity index is 570. The van der Waals surface area contributed by atoms with Crippen LogP contribution in [0.25, 0.3) is 0 Å². The molecule has 1 aromatic carbocycles. The monoisotopic (exact) mass is 318 g/mol. The van der Waals surface area contributed by atoms with Gasteiger partial charge in [0.15, 0.2) is 0 Å². The molecule has 0 radical (unpaired) electrons. The molecule has 5 heteroatoms. The maximum atomic E-state index is 12.5. The summed E-state index contributed by atoms with van der Waals surface area (Å²) in [6.07, 6.45) is 1.48. The molecule has 0 saturated carbocycles. The standard InChI is InChI=1S/C18H26N2O3/c1-4-18(3,9-10-21)19-17(23)14-11-16(22)20(12-14)15-7-5-13(2)6-8-15/h5-8,14,21H,4,9-12H2,1-3H3,(H,19,23). The van der Waals surface area contributed by atoms with E-state index < -0.39 is 5.54 Å². The molecule has 1 aliphatic rings. The van der Waals surface area contributed by atoms with Gasteiger partial charge in [-0.25, -0.2) is 0 Å². The van der Waals surface area contributed by atoms with E-state index in [2.05, 4.69) is 5.32 Å². The SMILES string of the molecule is CCC(C)(CCO)NC(=O)C1CC(=O)N(c2ccc(C)cc2)C1. The third kappa shape index (κ3) is 4.10. The lowest BCUT2D eigenvalue weighted by molar-refractivity contribution is -0.128. The number of aliphatic hydroxyl groups excluding tert-OH is 1. The van der Waals surface area contributed by atoms with Crippen LogP contribution in [0.2, 0.25) is 0 Å². The largest absolute Gasteiger partial charge is 0.396 e. The van der Waals surface area contributed by atoms with Crippen LogP contribution in [-0.4, -0.2) is 35.6 Å². The van der Waals surface area contributed by atoms with Crippen molar-refractivity contribution in [3.63, 3.8) is 0 Å². The lowest BCUT2D eigenvalue weighted by atomic mass is 9.93. The first kappa shape index (κ1) is 17.5. The summed E-state index contributed by atoms with van der Waals surface area (Å²) >= 11 is 0. The number of carbonyl (C=O) groups excluding carboxylic acids is 2. The second kappa shape index (κ2) is 7.13. The van der Waals surface area contributed by atoms with Crippen molar-refractivity contribution < 1.29 is 14.7 Å². The van der Waals surface area contributed by atoms with Crippen molar-refractivity contribution in [3.8, 4) is 0 Å². The third-order valence-electron chi connectivity index (χ3n) is 4.71. The summed E-state index contributed by atoms with van der Waals surface area (Å²) in [6, 6.07) is 7.75. The summed E-state index contributed by atoms with van der Waals surface area (Å²) in [6.45, 7) is 6.35. The van der Waals surface area contributed by atoms with Crippen molar-refractivity contribution in [2.45, 2.75) is 45.6 Å². The summed E-state index contributed by atoms with van der Waals surface area (Å²) < 4.78 is 0. The zero-order valence-electron chi connectivity index (χ0n) is 14.1. The van der Waals surface area contributed by atoms with Crippen LogP contribution >= 0.6 is 0 Å². The molecule has 5 nitrogen and oxygen atoms in total. The Morgan fingerprint density at radius 3 is 2.61 bits per heavy atom. The van der Waals surface area contributed by atoms with E-state index in [0.717, 1.165) is 17.7 Å². The van der Waals surface area contributed by atoms with E-state index in [1.807, 2.05) is 45.0 Å². The van der Waals surface area contributed by atoms with Crippen molar-refractivity contribution in [2.24, 2.45) is 5.92 Å². The first-order valence-corrected chi connectivity index (χ1v) is 8.18. The summed E-state index contributed by atoms with van der Waals surface area (Å²) in [7, 11) is 0. The van der Waals surface area contributed by atoms with E-state index in [4.69, 9.17) is 5.11 Å². The van der Waals surface area contributed by atoms with Gasteiger partial charge in [-0.15, -0.1) is 0 Å². The van der Waals surface area contributed by atoms with Crippen LogP contribution in [0.5, 0.6) is 0 Å². The van der Waals surface area contributed by atoms with Gasteiger partial charge in [0.1, 0.15) is 0 Å². The fraction of sp³-hybridized carbons (Fsp3) is 0.556. The Morgan fingerprint density at radius 2 is 2.04 bits per heavy atom. The minimum absolute atomic E-state index is 0.0191. The molecule has 1 fully saturated rings. The quantitative estimate of drug-likeness (QED) is 0.843. The number of amides is 2. The van der Waals surface area contributed by atoms with E-state index in [9.17, 15) is 9.59 Å². The number of carbonyl (C=O) groups is 2. The van der Waals surface area contributed by atoms with Crippen LogP contribution in [0.1, 0.15) is 38.7 Å². The van der Waals surface area contributed by atoms with Gasteiger partial charge in [-0.3, -0.25) is 9.59 Å². The maximum Gasteiger partial charge on any atom is 0.227 e. The molecule has 0 spiro atoms. The van der Waals surface area contributed by atoms with Gasteiger partial charge in [0.05, 0.1) is 5.92 Å². The van der Waals surface area contributed by atoms with Gasteiger partial charge in [-0.2, -0.15) is 0 Å². The van der Waals surface area contributed by atoms with Gasteiger partial charge in [0, 0.05) is 30.8 Å². The second-order valence-electron chi connectivity index (χ2n) is 6.62. The first-order chi connectivity index (χ1) is 10.9. The van der Waals surface area contributed by atoms with E-state index in [0.29, 0.717) is 13.0 Å². The minimum Gasteiger partial charge on any atom is -0.396 e. The third-order valence-corrected chi connectivity index (χ3v) is 4.71. The van der Waals surface area contributed by atoms with Crippen LogP contribution in [0.15, 0.2) is 24.3 Å². The number of benzene rings is 1. The fourth-order valence-corrected chi connectivity index (χ4v) is 2.83. The van der Waals surface area contributed by atoms with Crippen molar-refractivity contribution in [1.29, 1.82) is 0 Å². The number of hydrogen-bond donors (Lipinski definition) is 2. The van der Waals surface area contributed by atoms with Gasteiger partial charge in [-0.1, -0.05) is 24.6 Å². The van der Waals surface area contributed by atoms with Gasteiger partial charge in [-0.05, 0) is 38.8 Å². The predicted octanol–water partition coefficient (Wildman–Crippen LogP) is 2.02. The van der Waals surface area contributed by atoms with Crippen molar-refractivity contribution in [2.75, 3.05) is 18.1 Å². The number of aliphatic hydroxyl groups is 1. The molecule has 2 atom stereocenters. The molecule has 2 rings (SSSR count). The van der Waals surface area contributed by atoms with Crippen LogP contribution < -0.4 is 10.2 Å². The normalized spacial score (nSPS) is 20.4. The van der Waals surface area contributed by atoms with Crippen LogP contribution in [0.4, 0.5) is 5.69 Å². The van der Waals surface area contributed by atoms with Gasteiger partial charge in [0.2, 0.25) is 11.8 Å². The second-order valence-corrected chi connectivity index (χ2v) is 6.62. The van der Waals surface area contributed by atoms with E-state index >= 15 is 0 Å². The fourth-order valence-electron chi connectivity index (χ4n) is 2.83. The van der Waals surface area contributed by atoms with Crippen molar-refractivity contribution in [3.05, 3.63) is 29.8 Å². The molecular formula is C18H26N2O3. The smallest absolute Gasteiger partial charge is 0.227 e. The zero-order valence-corrected chi connectivity index (χ0v) is 14.1. The summed E-state index contributed by atoms with van der Waals surface area (Å²) in [5.74, 6) is -0.464. The topological polar surface area (TPSA) is 69.6 Å². The molecule has 126 valence electrons. The summed E-state index contributed by atoms with van der Waals surface area (Å²) in [5, 5.41) is 12.2. The Balaban J connectivity index is 2.04. The molecule has 1 aromatic rings. The van der Waals surface area contributed by atoms with Gasteiger partial charge < -0.3 is 15.3 Å². The van der Waals surface area contributed by atoms with Gasteiger partial charge >= 0.3 is 0 Å². The molecule has 1 heterocycles. The number of hydrogen-bond acceptors (Lipinski definition) is 3. The number of anilines is 1. The van der Waals surface area contributed by atoms with E-state index in [1.165, 1.54) is 0 Å². The Hall–Kier alpha value is -1.88. The molecule has 2 N–H and O–H groups in total. The molecular weight excluding hydrogens is 292 g/mol. The number of aryl methyl sites for hydroxylation is 1. The average molecular weight is 318 g/mol. The Morgan fingerprint density at radius 1 is 1.39 bits per heavy atom. The van der Waals surface area contributed by atoms with E-state index in [-0.39, 0.29) is 30.8 Å². The van der Waals surface area contributed by atoms with E-state index in [1.54, 1.807) is 4.90 Å². The zero-order chi connectivity index (χ0) is 17.0. The lowest BCUT2D eigenvalue weighted by Gasteiger charge is -2.30. The highest BCUT2D eigenvalue weighted by atomic mass is 16.3. The first-order valence-electron chi connectivity index (χ1n) is 8.18. The summed E-state index contributed by atoms with van der Waals surface area (Å²) in [5.41, 5.74) is 1.55. The number of rotatable bonds is 6. The summed E-state index contributed by atoms with van der Waals surface area (Å²) in [4.78, 5) is 26.4. The highest BCUT2D eigenvalue weighted by Crippen LogP contribution is 2.26. The van der Waals surface area contributed by atoms with Crippen molar-refractivity contribution in [1.82, 2.24) is 5.32 Å². The predicted molar refractivity (Wildman–Crippen MR) is 90.2 cm³/mol. The van der Waals surface area contributed by atoms with Gasteiger partial charge in [0.25, 0.3) is 0 Å². The minimum atomic E-state index is -0.424. The van der Waals surface area contributed by atoms with Crippen LogP contribution in [0, 0.1) is 12.8 Å². The highest BCUT2D eigenvalue weighted by molar-refractivity contribution is 6.00. The highest BCUT2D eigenvalue weighted by Gasteiger charge is 2.37. The average Bonchev–Trinajstić information content (AvgIpc) is 2.90. The number of nitrogens with zero attached hydrogens (tertiary/aromatic N) is 1. The Labute approximate surface area is 137 Å². The molecule has 1 aliphatic heterocycles. The van der Waals surface area contributed by atoms with Crippen molar-refractivity contribution >= 4 is 17.5 Å². The molecule has 23 heavy (non-hydrogen) atoms. The lowest BCUT2D eigenvalue weighted by Crippen LogP contribution is -2.48. The molecule has 2 amide bonds.